The van der Waals surface area contributed by atoms with Crippen LogP contribution >= 0.6 is 0 Å². The van der Waals surface area contributed by atoms with Crippen molar-refractivity contribution in [3.63, 3.8) is 0 Å². The van der Waals surface area contributed by atoms with Crippen LogP contribution in [-0.4, -0.2) is 0 Å². The summed E-state index contributed by atoms with van der Waals surface area (Å²) in [6, 6.07) is 58.0. The van der Waals surface area contributed by atoms with Gasteiger partial charge in [-0.15, -0.1) is 0 Å². The number of fused-ring (bicyclic) bond motifs is 12. The van der Waals surface area contributed by atoms with Crippen molar-refractivity contribution in [1.82, 2.24) is 0 Å². The molecule has 0 radical (unpaired) electrons. The highest BCUT2D eigenvalue weighted by Crippen LogP contribution is 2.41. The van der Waals surface area contributed by atoms with Gasteiger partial charge in [-0.3, -0.25) is 0 Å². The van der Waals surface area contributed by atoms with Crippen molar-refractivity contribution in [2.45, 2.75) is 0 Å². The van der Waals surface area contributed by atoms with Gasteiger partial charge in [0.2, 0.25) is 0 Å². The van der Waals surface area contributed by atoms with Crippen LogP contribution in [0.3, 0.4) is 0 Å². The lowest BCUT2D eigenvalue weighted by Gasteiger charge is -2.15. The highest BCUT2D eigenvalue weighted by molar-refractivity contribution is 6.28. The van der Waals surface area contributed by atoms with E-state index < -0.39 is 0 Å². The third kappa shape index (κ3) is 3.36. The van der Waals surface area contributed by atoms with Crippen molar-refractivity contribution < 1.29 is 0 Å². The second kappa shape index (κ2) is 9.03. The molecule has 42 heavy (non-hydrogen) atoms. The minimum Gasteiger partial charge on any atom is -0.0616 e. The number of hydrogen-bond donors (Lipinski definition) is 0. The van der Waals surface area contributed by atoms with Crippen LogP contribution in [0.5, 0.6) is 0 Å². The predicted molar refractivity (Wildman–Crippen MR) is 182 cm³/mol. The van der Waals surface area contributed by atoms with Crippen molar-refractivity contribution in [2.24, 2.45) is 0 Å². The Morgan fingerprint density at radius 1 is 0.214 bits per heavy atom. The first-order valence-corrected chi connectivity index (χ1v) is 14.6. The molecular weight excluding hydrogens is 504 g/mol. The molecule has 0 amide bonds. The summed E-state index contributed by atoms with van der Waals surface area (Å²) in [5.41, 5.74) is 4.98. The molecule has 0 saturated carbocycles. The minimum absolute atomic E-state index is 1.23. The van der Waals surface area contributed by atoms with E-state index in [4.69, 9.17) is 0 Å². The number of hydrogen-bond acceptors (Lipinski definition) is 0. The van der Waals surface area contributed by atoms with Gasteiger partial charge in [0.1, 0.15) is 0 Å². The van der Waals surface area contributed by atoms with Gasteiger partial charge in [-0.1, -0.05) is 152 Å². The fraction of sp³-hybridized carbons (Fsp3) is 0. The van der Waals surface area contributed by atoms with Gasteiger partial charge in [0.15, 0.2) is 0 Å². The highest BCUT2D eigenvalue weighted by atomic mass is 14.2. The Morgan fingerprint density at radius 3 is 1.10 bits per heavy atom. The van der Waals surface area contributed by atoms with Gasteiger partial charge in [0, 0.05) is 0 Å². The van der Waals surface area contributed by atoms with Crippen LogP contribution in [0.2, 0.25) is 0 Å². The van der Waals surface area contributed by atoms with Crippen LogP contribution < -0.4 is 0 Å². The molecule has 0 aliphatic carbocycles. The Kier molecular flexibility index (Phi) is 5.00. The van der Waals surface area contributed by atoms with E-state index in [1.165, 1.54) is 86.9 Å². The SMILES string of the molecule is c1ccc2c(c1)c1ccccc1c1cc(-c3ccc(-c4cccc5c6ccccc6c6ccccc6c45)cc3)ccc21. The van der Waals surface area contributed by atoms with Crippen molar-refractivity contribution in [3.05, 3.63) is 158 Å². The van der Waals surface area contributed by atoms with Crippen LogP contribution in [0.1, 0.15) is 0 Å². The van der Waals surface area contributed by atoms with Gasteiger partial charge in [-0.2, -0.15) is 0 Å². The first-order chi connectivity index (χ1) is 20.8. The average Bonchev–Trinajstić information content (AvgIpc) is 3.08. The van der Waals surface area contributed by atoms with E-state index in [9.17, 15) is 0 Å². The summed E-state index contributed by atoms with van der Waals surface area (Å²) in [7, 11) is 0. The van der Waals surface area contributed by atoms with Crippen LogP contribution in [0.15, 0.2) is 158 Å². The van der Waals surface area contributed by atoms with E-state index in [1.807, 2.05) is 0 Å². The van der Waals surface area contributed by atoms with Crippen LogP contribution in [0.25, 0.3) is 86.9 Å². The summed E-state index contributed by atoms with van der Waals surface area (Å²) in [4.78, 5) is 0. The topological polar surface area (TPSA) is 0 Å². The summed E-state index contributed by atoms with van der Waals surface area (Å²) in [6.07, 6.45) is 0. The van der Waals surface area contributed by atoms with E-state index >= 15 is 0 Å². The zero-order valence-corrected chi connectivity index (χ0v) is 23.0. The monoisotopic (exact) mass is 530 g/mol. The minimum atomic E-state index is 1.23. The summed E-state index contributed by atoms with van der Waals surface area (Å²) in [6.45, 7) is 0. The highest BCUT2D eigenvalue weighted by Gasteiger charge is 2.13. The lowest BCUT2D eigenvalue weighted by molar-refractivity contribution is 1.63. The van der Waals surface area contributed by atoms with E-state index in [0.29, 0.717) is 0 Å². The molecule has 0 spiro atoms. The van der Waals surface area contributed by atoms with E-state index in [2.05, 4.69) is 158 Å². The Labute approximate surface area is 244 Å². The quantitative estimate of drug-likeness (QED) is 0.195. The molecule has 0 nitrogen and oxygen atoms in total. The Balaban J connectivity index is 1.23. The smallest absolute Gasteiger partial charge is 0.00204 e. The Morgan fingerprint density at radius 2 is 0.571 bits per heavy atom. The standard InChI is InChI=1S/C42H26/c1-2-12-33-31(10-1)32-11-4-6-16-37(32)41-26-29(24-25-38(33)41)27-20-22-28(23-21-27)30-18-9-19-40-36-14-5-3-13-34(36)35-15-7-8-17-39(35)42(30)40/h1-26H. The molecule has 0 heteroatoms. The Bertz CT molecular complexity index is 2420. The molecule has 0 unspecified atom stereocenters. The predicted octanol–water partition coefficient (Wildman–Crippen LogP) is 11.9. The molecule has 0 bridgehead atoms. The third-order valence-corrected chi connectivity index (χ3v) is 9.04. The Hall–Kier alpha value is -5.46. The molecule has 0 aliphatic rings. The first-order valence-electron chi connectivity index (χ1n) is 14.6. The fourth-order valence-electron chi connectivity index (χ4n) is 7.13. The van der Waals surface area contributed by atoms with E-state index in [-0.39, 0.29) is 0 Å². The molecule has 194 valence electrons. The second-order valence-corrected chi connectivity index (χ2v) is 11.2. The maximum absolute atomic E-state index is 2.37. The molecule has 0 fully saturated rings. The largest absolute Gasteiger partial charge is 0.0616 e. The molecule has 0 atom stereocenters. The summed E-state index contributed by atoms with van der Waals surface area (Å²) < 4.78 is 0. The molecule has 0 N–H and O–H groups in total. The van der Waals surface area contributed by atoms with E-state index in [1.54, 1.807) is 0 Å². The van der Waals surface area contributed by atoms with Crippen LogP contribution in [-0.2, 0) is 0 Å². The van der Waals surface area contributed by atoms with Crippen LogP contribution in [0.4, 0.5) is 0 Å². The average molecular weight is 531 g/mol. The van der Waals surface area contributed by atoms with Gasteiger partial charge >= 0.3 is 0 Å². The van der Waals surface area contributed by atoms with Crippen LogP contribution in [0, 0.1) is 0 Å². The molecule has 0 aromatic heterocycles. The fourth-order valence-corrected chi connectivity index (χ4v) is 7.13. The summed E-state index contributed by atoms with van der Waals surface area (Å²) in [5.74, 6) is 0. The molecule has 0 aliphatic heterocycles. The lowest BCUT2D eigenvalue weighted by atomic mass is 9.89. The van der Waals surface area contributed by atoms with E-state index in [0.717, 1.165) is 0 Å². The normalized spacial score (nSPS) is 11.8. The van der Waals surface area contributed by atoms with Crippen molar-refractivity contribution >= 4 is 64.6 Å². The third-order valence-electron chi connectivity index (χ3n) is 9.04. The van der Waals surface area contributed by atoms with Gasteiger partial charge in [0.25, 0.3) is 0 Å². The molecular formula is C42H26. The van der Waals surface area contributed by atoms with Gasteiger partial charge < -0.3 is 0 Å². The second-order valence-electron chi connectivity index (χ2n) is 11.2. The zero-order valence-electron chi connectivity index (χ0n) is 23.0. The number of benzene rings is 9. The summed E-state index contributed by atoms with van der Waals surface area (Å²) >= 11 is 0. The summed E-state index contributed by atoms with van der Waals surface area (Å²) in [5, 5.41) is 15.7. The first kappa shape index (κ1) is 23.3. The van der Waals surface area contributed by atoms with Crippen molar-refractivity contribution in [2.75, 3.05) is 0 Å². The molecule has 0 saturated heterocycles. The lowest BCUT2D eigenvalue weighted by Crippen LogP contribution is -1.88. The van der Waals surface area contributed by atoms with Gasteiger partial charge in [0.05, 0.1) is 0 Å². The molecule has 0 heterocycles. The zero-order chi connectivity index (χ0) is 27.6. The molecule has 9 rings (SSSR count). The van der Waals surface area contributed by atoms with Gasteiger partial charge in [-0.05, 0) is 93.0 Å². The van der Waals surface area contributed by atoms with Crippen molar-refractivity contribution in [1.29, 1.82) is 0 Å². The van der Waals surface area contributed by atoms with Gasteiger partial charge in [-0.25, -0.2) is 0 Å². The maximum atomic E-state index is 2.37. The molecule has 9 aromatic rings. The maximum Gasteiger partial charge on any atom is -0.00204 e. The molecule has 9 aromatic carbocycles. The number of rotatable bonds is 2. The van der Waals surface area contributed by atoms with Crippen molar-refractivity contribution in [3.8, 4) is 22.3 Å².